The van der Waals surface area contributed by atoms with Gasteiger partial charge in [-0.15, -0.1) is 0 Å². The summed E-state index contributed by atoms with van der Waals surface area (Å²) in [6.07, 6.45) is 2.94. The molecule has 0 saturated heterocycles. The molecule has 1 aliphatic carbocycles. The summed E-state index contributed by atoms with van der Waals surface area (Å²) in [4.78, 5) is 11.3. The van der Waals surface area contributed by atoms with Gasteiger partial charge >= 0.3 is 0 Å². The van der Waals surface area contributed by atoms with E-state index >= 15 is 0 Å². The number of anilines is 1. The molecule has 78 valence electrons. The lowest BCUT2D eigenvalue weighted by atomic mass is 9.95. The summed E-state index contributed by atoms with van der Waals surface area (Å²) < 4.78 is 0. The molecule has 1 heterocycles. The van der Waals surface area contributed by atoms with Gasteiger partial charge in [0.05, 0.1) is 11.3 Å². The second-order valence-corrected chi connectivity index (χ2v) is 4.42. The molecule has 0 radical (unpaired) electrons. The third-order valence-electron chi connectivity index (χ3n) is 3.26. The van der Waals surface area contributed by atoms with E-state index in [0.717, 1.165) is 36.1 Å². The van der Waals surface area contributed by atoms with E-state index in [-0.39, 0.29) is 5.91 Å². The van der Waals surface area contributed by atoms with Crippen LogP contribution in [0.25, 0.3) is 0 Å². The van der Waals surface area contributed by atoms with E-state index in [4.69, 9.17) is 0 Å². The first kappa shape index (κ1) is 8.92. The van der Waals surface area contributed by atoms with E-state index in [1.807, 2.05) is 18.2 Å². The zero-order valence-corrected chi connectivity index (χ0v) is 8.42. The summed E-state index contributed by atoms with van der Waals surface area (Å²) in [5, 5.41) is 13.0. The Morgan fingerprint density at radius 3 is 2.80 bits per heavy atom. The molecule has 0 bridgehead atoms. The molecule has 0 unspecified atom stereocenters. The number of fused-ring (bicyclic) bond motifs is 1. The maximum Gasteiger partial charge on any atom is 0.224 e. The van der Waals surface area contributed by atoms with Crippen molar-refractivity contribution in [1.82, 2.24) is 0 Å². The molecular weight excluding hydrogens is 190 g/mol. The Morgan fingerprint density at radius 2 is 2.07 bits per heavy atom. The Bertz CT molecular complexity index is 435. The van der Waals surface area contributed by atoms with Crippen LogP contribution in [0.1, 0.15) is 30.4 Å². The van der Waals surface area contributed by atoms with Crippen LogP contribution in [0, 0.1) is 0 Å². The van der Waals surface area contributed by atoms with Gasteiger partial charge in [0.25, 0.3) is 0 Å². The van der Waals surface area contributed by atoms with E-state index in [0.29, 0.717) is 6.42 Å². The maximum absolute atomic E-state index is 11.3. The standard InChI is InChI=1S/C12H13NO2/c14-10-5-4-8-2-1-3-9(11(8)13-10)12(15)6-7-12/h1-3,15H,4-7H2,(H,13,14). The van der Waals surface area contributed by atoms with Gasteiger partial charge in [0.15, 0.2) is 0 Å². The summed E-state index contributed by atoms with van der Waals surface area (Å²) in [7, 11) is 0. The normalized spacial score (nSPS) is 21.8. The van der Waals surface area contributed by atoms with Crippen LogP contribution >= 0.6 is 0 Å². The Labute approximate surface area is 88.1 Å². The first-order valence-electron chi connectivity index (χ1n) is 5.34. The molecule has 2 aliphatic rings. The van der Waals surface area contributed by atoms with Gasteiger partial charge in [0, 0.05) is 12.0 Å². The van der Waals surface area contributed by atoms with Gasteiger partial charge in [-0.25, -0.2) is 0 Å². The number of aliphatic hydroxyl groups is 1. The SMILES string of the molecule is O=C1CCc2cccc(C3(O)CC3)c2N1. The highest BCUT2D eigenvalue weighted by Crippen LogP contribution is 2.49. The third-order valence-corrected chi connectivity index (χ3v) is 3.26. The second-order valence-electron chi connectivity index (χ2n) is 4.42. The summed E-state index contributed by atoms with van der Waals surface area (Å²) in [5.74, 6) is 0.0548. The number of hydrogen-bond acceptors (Lipinski definition) is 2. The lowest BCUT2D eigenvalue weighted by Gasteiger charge is -2.22. The number of benzene rings is 1. The highest BCUT2D eigenvalue weighted by molar-refractivity contribution is 5.95. The predicted molar refractivity (Wildman–Crippen MR) is 56.5 cm³/mol. The van der Waals surface area contributed by atoms with Gasteiger partial charge in [-0.05, 0) is 24.8 Å². The number of hydrogen-bond donors (Lipinski definition) is 2. The molecule has 2 N–H and O–H groups in total. The zero-order valence-electron chi connectivity index (χ0n) is 8.42. The van der Waals surface area contributed by atoms with Crippen LogP contribution in [0.2, 0.25) is 0 Å². The van der Waals surface area contributed by atoms with Crippen LogP contribution in [-0.2, 0) is 16.8 Å². The molecule has 15 heavy (non-hydrogen) atoms. The smallest absolute Gasteiger partial charge is 0.224 e. The van der Waals surface area contributed by atoms with Crippen LogP contribution in [0.15, 0.2) is 18.2 Å². The first-order chi connectivity index (χ1) is 7.19. The second kappa shape index (κ2) is 2.83. The van der Waals surface area contributed by atoms with E-state index in [1.54, 1.807) is 0 Å². The van der Waals surface area contributed by atoms with Gasteiger partial charge in [0.1, 0.15) is 0 Å². The van der Waals surface area contributed by atoms with Crippen molar-refractivity contribution in [3.63, 3.8) is 0 Å². The lowest BCUT2D eigenvalue weighted by molar-refractivity contribution is -0.116. The molecule has 3 nitrogen and oxygen atoms in total. The largest absolute Gasteiger partial charge is 0.385 e. The number of rotatable bonds is 1. The molecule has 3 rings (SSSR count). The van der Waals surface area contributed by atoms with Crippen molar-refractivity contribution < 1.29 is 9.90 Å². The lowest BCUT2D eigenvalue weighted by Crippen LogP contribution is -2.22. The van der Waals surface area contributed by atoms with E-state index in [1.165, 1.54) is 0 Å². The Hall–Kier alpha value is -1.35. The highest BCUT2D eigenvalue weighted by Gasteiger charge is 2.44. The fraction of sp³-hybridized carbons (Fsp3) is 0.417. The molecule has 1 aromatic carbocycles. The van der Waals surface area contributed by atoms with Crippen molar-refractivity contribution in [3.05, 3.63) is 29.3 Å². The third kappa shape index (κ3) is 1.35. The molecule has 0 aromatic heterocycles. The van der Waals surface area contributed by atoms with Crippen LogP contribution in [0.4, 0.5) is 5.69 Å². The minimum absolute atomic E-state index is 0.0548. The number of carbonyl (C=O) groups excluding carboxylic acids is 1. The summed E-state index contributed by atoms with van der Waals surface area (Å²) in [5.41, 5.74) is 2.23. The van der Waals surface area contributed by atoms with E-state index in [2.05, 4.69) is 5.32 Å². The van der Waals surface area contributed by atoms with E-state index < -0.39 is 5.60 Å². The minimum atomic E-state index is -0.671. The number of para-hydroxylation sites is 1. The first-order valence-corrected chi connectivity index (χ1v) is 5.34. The summed E-state index contributed by atoms with van der Waals surface area (Å²) in [6, 6.07) is 5.89. The van der Waals surface area contributed by atoms with Crippen LogP contribution < -0.4 is 5.32 Å². The van der Waals surface area contributed by atoms with Crippen LogP contribution in [0.3, 0.4) is 0 Å². The van der Waals surface area contributed by atoms with E-state index in [9.17, 15) is 9.90 Å². The zero-order chi connectivity index (χ0) is 10.5. The fourth-order valence-electron chi connectivity index (χ4n) is 2.18. The van der Waals surface area contributed by atoms with Crippen molar-refractivity contribution in [1.29, 1.82) is 0 Å². The van der Waals surface area contributed by atoms with Crippen molar-refractivity contribution in [3.8, 4) is 0 Å². The average molecular weight is 203 g/mol. The predicted octanol–water partition coefficient (Wildman–Crippen LogP) is 1.55. The van der Waals surface area contributed by atoms with Crippen molar-refractivity contribution in [2.75, 3.05) is 5.32 Å². The summed E-state index contributed by atoms with van der Waals surface area (Å²) in [6.45, 7) is 0. The van der Waals surface area contributed by atoms with Gasteiger partial charge in [0.2, 0.25) is 5.91 Å². The van der Waals surface area contributed by atoms with Gasteiger partial charge in [-0.1, -0.05) is 18.2 Å². The Balaban J connectivity index is 2.12. The highest BCUT2D eigenvalue weighted by atomic mass is 16.3. The Kier molecular flexibility index (Phi) is 1.68. The molecule has 1 aromatic rings. The monoisotopic (exact) mass is 203 g/mol. The average Bonchev–Trinajstić information content (AvgIpc) is 2.96. The van der Waals surface area contributed by atoms with Crippen molar-refractivity contribution in [2.45, 2.75) is 31.3 Å². The summed E-state index contributed by atoms with van der Waals surface area (Å²) >= 11 is 0. The molecule has 1 aliphatic heterocycles. The number of nitrogens with one attached hydrogen (secondary N) is 1. The number of aryl methyl sites for hydroxylation is 1. The molecule has 1 amide bonds. The van der Waals surface area contributed by atoms with Crippen LogP contribution in [0.5, 0.6) is 0 Å². The molecule has 1 fully saturated rings. The van der Waals surface area contributed by atoms with Gasteiger partial charge in [-0.2, -0.15) is 0 Å². The Morgan fingerprint density at radius 1 is 1.27 bits per heavy atom. The topological polar surface area (TPSA) is 49.3 Å². The molecule has 1 saturated carbocycles. The fourth-order valence-corrected chi connectivity index (χ4v) is 2.18. The number of carbonyl (C=O) groups is 1. The minimum Gasteiger partial charge on any atom is -0.385 e. The molecule has 0 atom stereocenters. The number of amides is 1. The van der Waals surface area contributed by atoms with Crippen molar-refractivity contribution in [2.24, 2.45) is 0 Å². The van der Waals surface area contributed by atoms with Gasteiger partial charge in [-0.3, -0.25) is 4.79 Å². The maximum atomic E-state index is 11.3. The molecule has 0 spiro atoms. The van der Waals surface area contributed by atoms with Gasteiger partial charge < -0.3 is 10.4 Å². The molecular formula is C12H13NO2. The van der Waals surface area contributed by atoms with Crippen LogP contribution in [-0.4, -0.2) is 11.0 Å². The molecule has 3 heteroatoms. The quantitative estimate of drug-likeness (QED) is 0.727. The van der Waals surface area contributed by atoms with Crippen molar-refractivity contribution >= 4 is 11.6 Å².